The molecule has 1 fully saturated rings. The average molecular weight is 252 g/mol. The summed E-state index contributed by atoms with van der Waals surface area (Å²) in [6, 6.07) is 3.58. The van der Waals surface area contributed by atoms with Crippen LogP contribution in [0.15, 0.2) is 16.5 Å². The Hall–Kier alpha value is -1.33. The number of morpholine rings is 1. The largest absolute Gasteiger partial charge is 0.456 e. The molecule has 1 aromatic heterocycles. The molecule has 1 aliphatic heterocycles. The number of nitrogens with zero attached hydrogens (tertiary/aromatic N) is 1. The van der Waals surface area contributed by atoms with Gasteiger partial charge in [-0.05, 0) is 19.1 Å². The predicted molar refractivity (Wildman–Crippen MR) is 67.4 cm³/mol. The van der Waals surface area contributed by atoms with E-state index in [1.54, 1.807) is 11.0 Å². The summed E-state index contributed by atoms with van der Waals surface area (Å²) in [5.74, 6) is 1.15. The zero-order chi connectivity index (χ0) is 13.1. The number of aryl methyl sites for hydroxylation is 1. The number of hydrogen-bond donors (Lipinski definition) is 1. The summed E-state index contributed by atoms with van der Waals surface area (Å²) in [4.78, 5) is 14.0. The molecule has 2 N–H and O–H groups in total. The first-order valence-corrected chi connectivity index (χ1v) is 6.37. The number of furan rings is 1. The van der Waals surface area contributed by atoms with Gasteiger partial charge < -0.3 is 19.8 Å². The Balaban J connectivity index is 2.07. The molecule has 2 unspecified atom stereocenters. The zero-order valence-corrected chi connectivity index (χ0v) is 10.9. The van der Waals surface area contributed by atoms with Gasteiger partial charge in [-0.1, -0.05) is 6.92 Å². The molecule has 0 aromatic carbocycles. The van der Waals surface area contributed by atoms with Crippen molar-refractivity contribution >= 4 is 5.91 Å². The van der Waals surface area contributed by atoms with Crippen molar-refractivity contribution < 1.29 is 13.9 Å². The maximum absolute atomic E-state index is 12.3. The van der Waals surface area contributed by atoms with Crippen molar-refractivity contribution in [2.24, 2.45) is 5.73 Å². The molecule has 0 saturated carbocycles. The van der Waals surface area contributed by atoms with Gasteiger partial charge in [-0.2, -0.15) is 0 Å². The van der Waals surface area contributed by atoms with Crippen molar-refractivity contribution in [1.82, 2.24) is 4.90 Å². The summed E-state index contributed by atoms with van der Waals surface area (Å²) in [6.45, 7) is 5.47. The normalized spacial score (nSPS) is 24.3. The van der Waals surface area contributed by atoms with E-state index in [0.717, 1.165) is 12.2 Å². The predicted octanol–water partition coefficient (Wildman–Crippen LogP) is 1.03. The molecule has 2 rings (SSSR count). The minimum atomic E-state index is -0.0849. The molecule has 0 aliphatic carbocycles. The lowest BCUT2D eigenvalue weighted by Gasteiger charge is -2.35. The fourth-order valence-corrected chi connectivity index (χ4v) is 2.18. The minimum absolute atomic E-state index is 0.0110. The number of carbonyl (C=O) groups is 1. The van der Waals surface area contributed by atoms with E-state index in [4.69, 9.17) is 14.9 Å². The molecule has 100 valence electrons. The van der Waals surface area contributed by atoms with Gasteiger partial charge in [0.1, 0.15) is 5.76 Å². The number of rotatable bonds is 3. The second-order valence-corrected chi connectivity index (χ2v) is 4.63. The van der Waals surface area contributed by atoms with E-state index in [-0.39, 0.29) is 18.1 Å². The highest BCUT2D eigenvalue weighted by atomic mass is 16.5. The summed E-state index contributed by atoms with van der Waals surface area (Å²) in [6.07, 6.45) is 0.716. The molecule has 5 heteroatoms. The number of hydrogen-bond acceptors (Lipinski definition) is 4. The molecule has 2 heterocycles. The Labute approximate surface area is 107 Å². The molecule has 1 aromatic rings. The van der Waals surface area contributed by atoms with Crippen LogP contribution < -0.4 is 5.73 Å². The third-order valence-electron chi connectivity index (χ3n) is 3.10. The lowest BCUT2D eigenvalue weighted by atomic mass is 10.2. The minimum Gasteiger partial charge on any atom is -0.456 e. The van der Waals surface area contributed by atoms with Crippen LogP contribution in [0.2, 0.25) is 0 Å². The third kappa shape index (κ3) is 2.73. The number of ether oxygens (including phenoxy) is 1. The van der Waals surface area contributed by atoms with Crippen LogP contribution in [0, 0.1) is 0 Å². The molecular weight excluding hydrogens is 232 g/mol. The fraction of sp³-hybridized carbons (Fsp3) is 0.615. The van der Waals surface area contributed by atoms with Gasteiger partial charge in [0.05, 0.1) is 12.2 Å². The molecule has 0 bridgehead atoms. The van der Waals surface area contributed by atoms with E-state index in [0.29, 0.717) is 25.4 Å². The topological polar surface area (TPSA) is 68.7 Å². The fourth-order valence-electron chi connectivity index (χ4n) is 2.18. The monoisotopic (exact) mass is 252 g/mol. The molecule has 0 spiro atoms. The summed E-state index contributed by atoms with van der Waals surface area (Å²) in [5, 5.41) is 0. The van der Waals surface area contributed by atoms with E-state index < -0.39 is 0 Å². The van der Waals surface area contributed by atoms with Crippen molar-refractivity contribution in [2.75, 3.05) is 19.6 Å². The smallest absolute Gasteiger partial charge is 0.289 e. The second-order valence-electron chi connectivity index (χ2n) is 4.63. The van der Waals surface area contributed by atoms with E-state index in [9.17, 15) is 4.79 Å². The first-order chi connectivity index (χ1) is 8.63. The van der Waals surface area contributed by atoms with Gasteiger partial charge in [-0.3, -0.25) is 4.79 Å². The van der Waals surface area contributed by atoms with Crippen LogP contribution in [0.25, 0.3) is 0 Å². The molecular formula is C13H20N2O3. The highest BCUT2D eigenvalue weighted by Gasteiger charge is 2.29. The van der Waals surface area contributed by atoms with Gasteiger partial charge >= 0.3 is 0 Å². The summed E-state index contributed by atoms with van der Waals surface area (Å²) in [5.41, 5.74) is 5.61. The number of nitrogens with two attached hydrogens (primary N) is 1. The van der Waals surface area contributed by atoms with E-state index >= 15 is 0 Å². The number of amides is 1. The van der Waals surface area contributed by atoms with Crippen molar-refractivity contribution in [3.05, 3.63) is 23.7 Å². The van der Waals surface area contributed by atoms with Crippen molar-refractivity contribution in [3.8, 4) is 0 Å². The van der Waals surface area contributed by atoms with Crippen molar-refractivity contribution in [1.29, 1.82) is 0 Å². The molecule has 2 atom stereocenters. The molecule has 5 nitrogen and oxygen atoms in total. The van der Waals surface area contributed by atoms with Gasteiger partial charge in [0, 0.05) is 26.1 Å². The molecule has 1 amide bonds. The lowest BCUT2D eigenvalue weighted by molar-refractivity contribution is -0.0631. The molecule has 18 heavy (non-hydrogen) atoms. The van der Waals surface area contributed by atoms with Crippen LogP contribution in [0.1, 0.15) is 30.2 Å². The highest BCUT2D eigenvalue weighted by molar-refractivity contribution is 5.91. The van der Waals surface area contributed by atoms with E-state index in [1.165, 1.54) is 0 Å². The first kappa shape index (κ1) is 13.1. The SMILES string of the molecule is CCc1ccc(C(=O)N2CC(C)OC(CN)C2)o1. The second kappa shape index (κ2) is 5.54. The lowest BCUT2D eigenvalue weighted by Crippen LogP contribution is -2.51. The van der Waals surface area contributed by atoms with E-state index in [2.05, 4.69) is 0 Å². The van der Waals surface area contributed by atoms with Gasteiger partial charge in [-0.15, -0.1) is 0 Å². The molecule has 1 aliphatic rings. The van der Waals surface area contributed by atoms with Crippen LogP contribution in [0.5, 0.6) is 0 Å². The maximum atomic E-state index is 12.3. The third-order valence-corrected chi connectivity index (χ3v) is 3.10. The molecule has 0 radical (unpaired) electrons. The number of carbonyl (C=O) groups excluding carboxylic acids is 1. The Kier molecular flexibility index (Phi) is 4.04. The van der Waals surface area contributed by atoms with Gasteiger partial charge in [-0.25, -0.2) is 0 Å². The van der Waals surface area contributed by atoms with Crippen molar-refractivity contribution in [2.45, 2.75) is 32.5 Å². The van der Waals surface area contributed by atoms with Crippen molar-refractivity contribution in [3.63, 3.8) is 0 Å². The standard InChI is InChI=1S/C13H20N2O3/c1-3-10-4-5-12(18-10)13(16)15-7-9(2)17-11(6-14)8-15/h4-5,9,11H,3,6-8,14H2,1-2H3. The summed E-state index contributed by atoms with van der Waals surface area (Å²) < 4.78 is 11.1. The Morgan fingerprint density at radius 2 is 2.28 bits per heavy atom. The zero-order valence-electron chi connectivity index (χ0n) is 10.9. The van der Waals surface area contributed by atoms with Crippen LogP contribution in [-0.2, 0) is 11.2 Å². The van der Waals surface area contributed by atoms with Crippen LogP contribution in [0.4, 0.5) is 0 Å². The quantitative estimate of drug-likeness (QED) is 0.872. The van der Waals surface area contributed by atoms with Crippen LogP contribution >= 0.6 is 0 Å². The Morgan fingerprint density at radius 3 is 2.89 bits per heavy atom. The average Bonchev–Trinajstić information content (AvgIpc) is 2.85. The van der Waals surface area contributed by atoms with Crippen LogP contribution in [0.3, 0.4) is 0 Å². The summed E-state index contributed by atoms with van der Waals surface area (Å²) in [7, 11) is 0. The van der Waals surface area contributed by atoms with Gasteiger partial charge in [0.2, 0.25) is 0 Å². The Morgan fingerprint density at radius 1 is 1.50 bits per heavy atom. The van der Waals surface area contributed by atoms with Gasteiger partial charge in [0.25, 0.3) is 5.91 Å². The maximum Gasteiger partial charge on any atom is 0.289 e. The summed E-state index contributed by atoms with van der Waals surface area (Å²) >= 11 is 0. The molecule has 1 saturated heterocycles. The van der Waals surface area contributed by atoms with Crippen LogP contribution in [-0.4, -0.2) is 42.6 Å². The Bertz CT molecular complexity index is 416. The van der Waals surface area contributed by atoms with E-state index in [1.807, 2.05) is 19.9 Å². The first-order valence-electron chi connectivity index (χ1n) is 6.37. The highest BCUT2D eigenvalue weighted by Crippen LogP contribution is 2.16. The van der Waals surface area contributed by atoms with Gasteiger partial charge in [0.15, 0.2) is 5.76 Å².